The van der Waals surface area contributed by atoms with Crippen molar-refractivity contribution in [3.05, 3.63) is 0 Å². The summed E-state index contributed by atoms with van der Waals surface area (Å²) < 4.78 is 30.7. The normalized spacial score (nSPS) is 9.33. The molecule has 0 saturated carbocycles. The van der Waals surface area contributed by atoms with Crippen molar-refractivity contribution in [2.24, 2.45) is 0 Å². The van der Waals surface area contributed by atoms with Gasteiger partial charge in [-0.15, -0.1) is 6.42 Å². The van der Waals surface area contributed by atoms with Gasteiger partial charge in [-0.1, -0.05) is 5.92 Å². The number of rotatable bonds is 2. The molecule has 6 heteroatoms. The van der Waals surface area contributed by atoms with Gasteiger partial charge >= 0.3 is 29.3 Å². The van der Waals surface area contributed by atoms with Crippen LogP contribution in [-0.4, -0.2) is 19.6 Å². The third kappa shape index (κ3) is 11.5. The maximum Gasteiger partial charge on any atom is 1.00 e. The topological polar surface area (TPSA) is 63.6 Å². The standard InChI is InChI=1S/C3H4O4S.Li.H/c1-2-3-7-8(4,5)6;;/h1H,3H2,(H,4,5,6);;/q;+1;-1. The molecule has 0 aromatic rings. The van der Waals surface area contributed by atoms with E-state index in [1.54, 1.807) is 0 Å². The molecule has 0 fully saturated rings. The van der Waals surface area contributed by atoms with Gasteiger partial charge in [-0.05, 0) is 0 Å². The van der Waals surface area contributed by atoms with E-state index in [2.05, 4.69) is 10.6 Å². The van der Waals surface area contributed by atoms with Crippen molar-refractivity contribution in [2.45, 2.75) is 0 Å². The van der Waals surface area contributed by atoms with E-state index in [9.17, 15) is 8.42 Å². The van der Waals surface area contributed by atoms with Crippen molar-refractivity contribution in [1.82, 2.24) is 0 Å². The van der Waals surface area contributed by atoms with Crippen LogP contribution in [0.1, 0.15) is 1.43 Å². The van der Waals surface area contributed by atoms with Gasteiger partial charge in [-0.25, -0.2) is 4.18 Å². The van der Waals surface area contributed by atoms with Crippen molar-refractivity contribution in [2.75, 3.05) is 6.61 Å². The second-order valence-electron chi connectivity index (χ2n) is 0.894. The molecule has 0 heterocycles. The van der Waals surface area contributed by atoms with Crippen molar-refractivity contribution < 1.29 is 37.4 Å². The minimum atomic E-state index is -4.33. The predicted molar refractivity (Wildman–Crippen MR) is 27.4 cm³/mol. The Hall–Kier alpha value is 0.0274. The molecule has 0 aliphatic rings. The van der Waals surface area contributed by atoms with Crippen LogP contribution in [0.5, 0.6) is 0 Å². The first-order chi connectivity index (χ1) is 3.56. The molecule has 48 valence electrons. The van der Waals surface area contributed by atoms with E-state index >= 15 is 0 Å². The van der Waals surface area contributed by atoms with Crippen molar-refractivity contribution in [1.29, 1.82) is 0 Å². The quantitative estimate of drug-likeness (QED) is 0.249. The molecule has 0 spiro atoms. The Balaban J connectivity index is -0.000000245. The van der Waals surface area contributed by atoms with E-state index in [4.69, 9.17) is 4.55 Å². The van der Waals surface area contributed by atoms with Gasteiger partial charge in [0.2, 0.25) is 0 Å². The minimum absolute atomic E-state index is 0. The van der Waals surface area contributed by atoms with E-state index in [0.29, 0.717) is 0 Å². The Labute approximate surface area is 67.2 Å². The Kier molecular flexibility index (Phi) is 6.37. The van der Waals surface area contributed by atoms with Gasteiger partial charge < -0.3 is 1.43 Å². The molecule has 0 aliphatic heterocycles. The summed E-state index contributed by atoms with van der Waals surface area (Å²) in [4.78, 5) is 0. The van der Waals surface area contributed by atoms with Crippen LogP contribution >= 0.6 is 0 Å². The van der Waals surface area contributed by atoms with Crippen LogP contribution in [0.25, 0.3) is 0 Å². The average Bonchev–Trinajstić information content (AvgIpc) is 1.59. The van der Waals surface area contributed by atoms with Crippen LogP contribution in [0.4, 0.5) is 0 Å². The SMILES string of the molecule is C#CCOS(=O)(=O)O.[H-].[Li+]. The fraction of sp³-hybridized carbons (Fsp3) is 0.333. The Morgan fingerprint density at radius 1 is 1.78 bits per heavy atom. The maximum absolute atomic E-state index is 9.63. The van der Waals surface area contributed by atoms with E-state index in [1.807, 2.05) is 5.92 Å². The second kappa shape index (κ2) is 4.86. The molecule has 4 nitrogen and oxygen atoms in total. The minimum Gasteiger partial charge on any atom is -1.00 e. The molecule has 0 aromatic heterocycles. The Bertz CT molecular complexity index is 193. The monoisotopic (exact) mass is 144 g/mol. The van der Waals surface area contributed by atoms with Crippen LogP contribution in [-0.2, 0) is 14.6 Å². The first-order valence-corrected chi connectivity index (χ1v) is 2.98. The molecule has 0 aromatic carbocycles. The van der Waals surface area contributed by atoms with Crippen LogP contribution in [0.15, 0.2) is 0 Å². The van der Waals surface area contributed by atoms with Gasteiger partial charge in [0.25, 0.3) is 0 Å². The van der Waals surface area contributed by atoms with Crippen LogP contribution in [0.3, 0.4) is 0 Å². The number of terminal acetylenes is 1. The molecular formula is C3H5LiO4S. The summed E-state index contributed by atoms with van der Waals surface area (Å²) in [6.07, 6.45) is 4.59. The zero-order valence-electron chi connectivity index (χ0n) is 5.86. The van der Waals surface area contributed by atoms with Crippen molar-refractivity contribution in [3.8, 4) is 12.3 Å². The van der Waals surface area contributed by atoms with Gasteiger partial charge in [0.05, 0.1) is 0 Å². The molecule has 1 N–H and O–H groups in total. The molecule has 9 heavy (non-hydrogen) atoms. The molecule has 0 radical (unpaired) electrons. The molecule has 0 rings (SSSR count). The summed E-state index contributed by atoms with van der Waals surface area (Å²) in [5.41, 5.74) is 0. The van der Waals surface area contributed by atoms with Crippen molar-refractivity contribution in [3.63, 3.8) is 0 Å². The third-order valence-corrected chi connectivity index (χ3v) is 0.707. The van der Waals surface area contributed by atoms with E-state index in [0.717, 1.165) is 0 Å². The van der Waals surface area contributed by atoms with Gasteiger partial charge in [-0.2, -0.15) is 8.42 Å². The second-order valence-corrected chi connectivity index (χ2v) is 1.99. The smallest absolute Gasteiger partial charge is 1.00 e. The Morgan fingerprint density at radius 2 is 2.22 bits per heavy atom. The third-order valence-electron chi connectivity index (χ3n) is 0.291. The summed E-state index contributed by atoms with van der Waals surface area (Å²) in [5, 5.41) is 0. The fourth-order valence-corrected chi connectivity index (χ4v) is 0.325. The summed E-state index contributed by atoms with van der Waals surface area (Å²) in [7, 11) is -4.33. The summed E-state index contributed by atoms with van der Waals surface area (Å²) in [6, 6.07) is 0. The number of hydrogen-bond acceptors (Lipinski definition) is 3. The van der Waals surface area contributed by atoms with Crippen LogP contribution in [0, 0.1) is 12.3 Å². The van der Waals surface area contributed by atoms with Crippen LogP contribution < -0.4 is 18.9 Å². The molecule has 0 atom stereocenters. The van der Waals surface area contributed by atoms with Gasteiger partial charge in [0.1, 0.15) is 6.61 Å². The molecule has 0 bridgehead atoms. The van der Waals surface area contributed by atoms with Crippen molar-refractivity contribution >= 4 is 10.4 Å². The first-order valence-electron chi connectivity index (χ1n) is 1.61. The van der Waals surface area contributed by atoms with Gasteiger partial charge in [-0.3, -0.25) is 4.55 Å². The fourth-order valence-electron chi connectivity index (χ4n) is 0.108. The zero-order chi connectivity index (χ0) is 6.62. The molecular weight excluding hydrogens is 139 g/mol. The van der Waals surface area contributed by atoms with E-state index in [1.165, 1.54) is 0 Å². The van der Waals surface area contributed by atoms with Crippen LogP contribution in [0.2, 0.25) is 0 Å². The Morgan fingerprint density at radius 3 is 2.33 bits per heavy atom. The summed E-state index contributed by atoms with van der Waals surface area (Å²) in [6.45, 7) is -0.432. The molecule has 0 saturated heterocycles. The molecule has 0 unspecified atom stereocenters. The molecule has 0 amide bonds. The largest absolute Gasteiger partial charge is 1.00 e. The van der Waals surface area contributed by atoms with E-state index in [-0.39, 0.29) is 20.3 Å². The first kappa shape index (κ1) is 11.8. The van der Waals surface area contributed by atoms with Gasteiger partial charge in [0.15, 0.2) is 0 Å². The number of hydrogen-bond donors (Lipinski definition) is 1. The average molecular weight is 144 g/mol. The predicted octanol–water partition coefficient (Wildman–Crippen LogP) is -3.44. The van der Waals surface area contributed by atoms with E-state index < -0.39 is 17.0 Å². The summed E-state index contributed by atoms with van der Waals surface area (Å²) in [5.74, 6) is 1.86. The molecule has 0 aliphatic carbocycles. The maximum atomic E-state index is 9.63. The zero-order valence-corrected chi connectivity index (χ0v) is 5.68. The summed E-state index contributed by atoms with van der Waals surface area (Å²) >= 11 is 0. The van der Waals surface area contributed by atoms with Gasteiger partial charge in [0, 0.05) is 0 Å².